The van der Waals surface area contributed by atoms with E-state index in [0.29, 0.717) is 38.8 Å². The zero-order valence-electron chi connectivity index (χ0n) is 22.0. The molecule has 0 saturated heterocycles. The SMILES string of the molecule is CNCCN(C)Cc1nn2c(c1C1CCC(COC)(COC)CC1)CN(C(=O)C(C)(C)O)CC2. The van der Waals surface area contributed by atoms with E-state index in [0.717, 1.165) is 56.7 Å². The van der Waals surface area contributed by atoms with Crippen LogP contribution in [0.25, 0.3) is 0 Å². The molecule has 0 radical (unpaired) electrons. The number of nitrogens with zero attached hydrogens (tertiary/aromatic N) is 4. The number of fused-ring (bicyclic) bond motifs is 1. The molecule has 2 N–H and O–H groups in total. The number of amides is 1. The monoisotopic (exact) mass is 479 g/mol. The molecule has 194 valence electrons. The predicted octanol–water partition coefficient (Wildman–Crippen LogP) is 1.58. The Labute approximate surface area is 204 Å². The van der Waals surface area contributed by atoms with Crippen LogP contribution in [0.1, 0.15) is 62.4 Å². The summed E-state index contributed by atoms with van der Waals surface area (Å²) in [6, 6.07) is 0. The number of hydrogen-bond donors (Lipinski definition) is 2. The molecule has 3 rings (SSSR count). The summed E-state index contributed by atoms with van der Waals surface area (Å²) in [5.41, 5.74) is 2.27. The van der Waals surface area contributed by atoms with Crippen LogP contribution < -0.4 is 5.32 Å². The van der Waals surface area contributed by atoms with Crippen molar-refractivity contribution in [2.45, 2.75) is 70.7 Å². The van der Waals surface area contributed by atoms with Crippen molar-refractivity contribution in [3.63, 3.8) is 0 Å². The van der Waals surface area contributed by atoms with Gasteiger partial charge in [-0.1, -0.05) is 0 Å². The van der Waals surface area contributed by atoms with Gasteiger partial charge in [0.15, 0.2) is 0 Å². The van der Waals surface area contributed by atoms with E-state index < -0.39 is 5.60 Å². The Morgan fingerprint density at radius 2 is 1.88 bits per heavy atom. The summed E-state index contributed by atoms with van der Waals surface area (Å²) in [6.07, 6.45) is 4.20. The average molecular weight is 480 g/mol. The van der Waals surface area contributed by atoms with E-state index >= 15 is 0 Å². The average Bonchev–Trinajstić information content (AvgIpc) is 3.14. The van der Waals surface area contributed by atoms with Crippen LogP contribution in [0.15, 0.2) is 0 Å². The smallest absolute Gasteiger partial charge is 0.254 e. The molecule has 0 atom stereocenters. The van der Waals surface area contributed by atoms with Gasteiger partial charge >= 0.3 is 0 Å². The molecular weight excluding hydrogens is 434 g/mol. The number of carbonyl (C=O) groups excluding carboxylic acids is 1. The van der Waals surface area contributed by atoms with Crippen molar-refractivity contribution < 1.29 is 19.4 Å². The van der Waals surface area contributed by atoms with Crippen LogP contribution in [-0.4, -0.2) is 97.4 Å². The second kappa shape index (κ2) is 11.5. The summed E-state index contributed by atoms with van der Waals surface area (Å²) >= 11 is 0. The normalized spacial score (nSPS) is 19.0. The van der Waals surface area contributed by atoms with Crippen LogP contribution in [0.2, 0.25) is 0 Å². The van der Waals surface area contributed by atoms with Crippen molar-refractivity contribution in [1.82, 2.24) is 24.9 Å². The van der Waals surface area contributed by atoms with Gasteiger partial charge in [-0.25, -0.2) is 0 Å². The number of likely N-dealkylation sites (N-methyl/N-ethyl adjacent to an activating group) is 2. The first-order valence-corrected chi connectivity index (χ1v) is 12.6. The van der Waals surface area contributed by atoms with Crippen molar-refractivity contribution in [3.05, 3.63) is 17.0 Å². The minimum absolute atomic E-state index is 0.0693. The molecule has 9 nitrogen and oxygen atoms in total. The molecule has 0 aromatic carbocycles. The predicted molar refractivity (Wildman–Crippen MR) is 132 cm³/mol. The summed E-state index contributed by atoms with van der Waals surface area (Å²) in [7, 11) is 7.64. The zero-order valence-corrected chi connectivity index (χ0v) is 22.0. The maximum atomic E-state index is 12.9. The van der Waals surface area contributed by atoms with Gasteiger partial charge in [-0.15, -0.1) is 0 Å². The largest absolute Gasteiger partial charge is 0.384 e. The van der Waals surface area contributed by atoms with Gasteiger partial charge in [-0.2, -0.15) is 5.10 Å². The van der Waals surface area contributed by atoms with Gasteiger partial charge in [0, 0.05) is 51.4 Å². The van der Waals surface area contributed by atoms with Crippen LogP contribution in [0.4, 0.5) is 0 Å². The number of carbonyl (C=O) groups is 1. The first kappa shape index (κ1) is 27.1. The van der Waals surface area contributed by atoms with E-state index in [4.69, 9.17) is 14.6 Å². The molecule has 1 fully saturated rings. The van der Waals surface area contributed by atoms with E-state index in [9.17, 15) is 9.90 Å². The molecule has 2 heterocycles. The summed E-state index contributed by atoms with van der Waals surface area (Å²) in [5.74, 6) is 0.178. The van der Waals surface area contributed by atoms with Crippen molar-refractivity contribution in [2.75, 3.05) is 61.2 Å². The highest BCUT2D eigenvalue weighted by Crippen LogP contribution is 2.45. The van der Waals surface area contributed by atoms with Gasteiger partial charge < -0.3 is 24.8 Å². The van der Waals surface area contributed by atoms with Gasteiger partial charge in [0.05, 0.1) is 37.7 Å². The Balaban J connectivity index is 1.88. The number of hydrogen-bond acceptors (Lipinski definition) is 7. The van der Waals surface area contributed by atoms with E-state index in [2.05, 4.69) is 21.9 Å². The molecule has 1 aromatic heterocycles. The Hall–Kier alpha value is -1.52. The van der Waals surface area contributed by atoms with Crippen LogP contribution in [0.3, 0.4) is 0 Å². The molecular formula is C25H45N5O4. The van der Waals surface area contributed by atoms with Gasteiger partial charge in [-0.3, -0.25) is 14.4 Å². The quantitative estimate of drug-likeness (QED) is 0.498. The molecule has 1 amide bonds. The summed E-state index contributed by atoms with van der Waals surface area (Å²) < 4.78 is 13.2. The van der Waals surface area contributed by atoms with Crippen molar-refractivity contribution in [2.24, 2.45) is 5.41 Å². The Morgan fingerprint density at radius 3 is 2.44 bits per heavy atom. The van der Waals surface area contributed by atoms with Crippen molar-refractivity contribution in [3.8, 4) is 0 Å². The highest BCUT2D eigenvalue weighted by Gasteiger charge is 2.40. The molecule has 0 spiro atoms. The van der Waals surface area contributed by atoms with Gasteiger partial charge in [0.25, 0.3) is 5.91 Å². The van der Waals surface area contributed by atoms with E-state index in [-0.39, 0.29) is 11.3 Å². The highest BCUT2D eigenvalue weighted by atomic mass is 16.5. The zero-order chi connectivity index (χ0) is 24.9. The lowest BCUT2D eigenvalue weighted by molar-refractivity contribution is -0.149. The highest BCUT2D eigenvalue weighted by molar-refractivity contribution is 5.84. The first-order valence-electron chi connectivity index (χ1n) is 12.6. The van der Waals surface area contributed by atoms with E-state index in [1.165, 1.54) is 5.56 Å². The van der Waals surface area contributed by atoms with Gasteiger partial charge in [0.2, 0.25) is 0 Å². The second-order valence-corrected chi connectivity index (χ2v) is 10.8. The fourth-order valence-corrected chi connectivity index (χ4v) is 5.64. The Bertz CT molecular complexity index is 803. The lowest BCUT2D eigenvalue weighted by Crippen LogP contribution is -2.48. The molecule has 1 aromatic rings. The molecule has 34 heavy (non-hydrogen) atoms. The maximum Gasteiger partial charge on any atom is 0.254 e. The molecule has 2 aliphatic rings. The van der Waals surface area contributed by atoms with E-state index in [1.54, 1.807) is 33.0 Å². The van der Waals surface area contributed by atoms with Crippen molar-refractivity contribution in [1.29, 1.82) is 0 Å². The van der Waals surface area contributed by atoms with Crippen LogP contribution in [0.5, 0.6) is 0 Å². The summed E-state index contributed by atoms with van der Waals surface area (Å²) in [6.45, 7) is 8.95. The second-order valence-electron chi connectivity index (χ2n) is 10.8. The third-order valence-corrected chi connectivity index (χ3v) is 7.43. The fourth-order valence-electron chi connectivity index (χ4n) is 5.64. The topological polar surface area (TPSA) is 92.1 Å². The molecule has 1 saturated carbocycles. The first-order chi connectivity index (χ1) is 16.1. The number of rotatable bonds is 11. The molecule has 9 heteroatoms. The Kier molecular flexibility index (Phi) is 9.14. The van der Waals surface area contributed by atoms with E-state index in [1.807, 2.05) is 7.05 Å². The third kappa shape index (κ3) is 6.18. The van der Waals surface area contributed by atoms with Crippen LogP contribution in [-0.2, 0) is 33.9 Å². The van der Waals surface area contributed by atoms with Gasteiger partial charge in [0.1, 0.15) is 5.60 Å². The van der Waals surface area contributed by atoms with Crippen LogP contribution >= 0.6 is 0 Å². The lowest BCUT2D eigenvalue weighted by atomic mass is 9.69. The minimum Gasteiger partial charge on any atom is -0.384 e. The number of ether oxygens (including phenoxy) is 2. The lowest BCUT2D eigenvalue weighted by Gasteiger charge is -2.40. The fraction of sp³-hybridized carbons (Fsp3) is 0.840. The molecule has 0 bridgehead atoms. The third-order valence-electron chi connectivity index (χ3n) is 7.43. The molecule has 1 aliphatic carbocycles. The number of aromatic nitrogens is 2. The van der Waals surface area contributed by atoms with Crippen LogP contribution in [0, 0.1) is 5.41 Å². The van der Waals surface area contributed by atoms with Crippen molar-refractivity contribution >= 4 is 5.91 Å². The van der Waals surface area contributed by atoms with Gasteiger partial charge in [-0.05, 0) is 59.5 Å². The molecule has 0 unspecified atom stereocenters. The maximum absolute atomic E-state index is 12.9. The standard InChI is InChI=1S/C25H45N5O4/c1-24(2,32)23(31)29-13-14-30-21(16-29)22(20(27-30)15-28(4)12-11-26-3)19-7-9-25(10-8-19,17-33-5)18-34-6/h19,26,32H,7-18H2,1-6H3. The number of methoxy groups -OCH3 is 2. The number of nitrogens with one attached hydrogen (secondary N) is 1. The summed E-state index contributed by atoms with van der Waals surface area (Å²) in [5, 5.41) is 18.6. The number of aliphatic hydroxyl groups is 1. The summed E-state index contributed by atoms with van der Waals surface area (Å²) in [4.78, 5) is 16.9. The minimum atomic E-state index is -1.37. The Morgan fingerprint density at radius 1 is 1.24 bits per heavy atom. The molecule has 1 aliphatic heterocycles.